The molecule has 3 N–H and O–H groups in total. The molecule has 6 heteroatoms. The minimum Gasteiger partial charge on any atom is -0.477 e. The van der Waals surface area contributed by atoms with Crippen LogP contribution < -0.4 is 0 Å². The van der Waals surface area contributed by atoms with Gasteiger partial charge in [-0.15, -0.1) is 11.3 Å². The van der Waals surface area contributed by atoms with Crippen LogP contribution in [-0.2, 0) is 6.42 Å². The minimum atomic E-state index is -0.885. The van der Waals surface area contributed by atoms with Crippen molar-refractivity contribution in [1.82, 2.24) is 0 Å². The summed E-state index contributed by atoms with van der Waals surface area (Å²) >= 11 is 1.32. The van der Waals surface area contributed by atoms with Gasteiger partial charge in [0.2, 0.25) is 0 Å². The summed E-state index contributed by atoms with van der Waals surface area (Å²) in [4.78, 5) is 12.5. The van der Waals surface area contributed by atoms with Gasteiger partial charge in [0.05, 0.1) is 24.2 Å². The Balaban J connectivity index is 1.50. The molecule has 1 aromatic heterocycles. The Labute approximate surface area is 183 Å². The van der Waals surface area contributed by atoms with Crippen LogP contribution in [0.2, 0.25) is 0 Å². The van der Waals surface area contributed by atoms with E-state index in [9.17, 15) is 20.3 Å². The number of rotatable bonds is 11. The van der Waals surface area contributed by atoms with Gasteiger partial charge in [-0.25, -0.2) is 4.79 Å². The van der Waals surface area contributed by atoms with Gasteiger partial charge in [0.15, 0.2) is 0 Å². The number of aromatic carboxylic acids is 1. The SMILES string of the molecule is CCC1(C(O)CCCC2C(O)CC(C#N)C2CCCc2ccc(C(=O)O)s2)CCC1. The number of carboxylic acid groups (broad SMARTS) is 1. The topological polar surface area (TPSA) is 102 Å². The van der Waals surface area contributed by atoms with Crippen LogP contribution in [0.15, 0.2) is 12.1 Å². The zero-order chi connectivity index (χ0) is 21.7. The van der Waals surface area contributed by atoms with E-state index in [1.54, 1.807) is 6.07 Å². The van der Waals surface area contributed by atoms with E-state index in [0.29, 0.717) is 11.3 Å². The van der Waals surface area contributed by atoms with E-state index >= 15 is 0 Å². The molecule has 0 spiro atoms. The van der Waals surface area contributed by atoms with Gasteiger partial charge in [-0.1, -0.05) is 19.8 Å². The van der Waals surface area contributed by atoms with Crippen molar-refractivity contribution in [2.75, 3.05) is 0 Å². The average molecular weight is 434 g/mol. The summed E-state index contributed by atoms with van der Waals surface area (Å²) in [7, 11) is 0. The summed E-state index contributed by atoms with van der Waals surface area (Å²) in [6.07, 6.45) is 9.51. The van der Waals surface area contributed by atoms with Crippen LogP contribution >= 0.6 is 11.3 Å². The molecule has 1 heterocycles. The highest BCUT2D eigenvalue weighted by molar-refractivity contribution is 7.13. The second-order valence-electron chi connectivity index (χ2n) is 9.35. The smallest absolute Gasteiger partial charge is 0.345 e. The van der Waals surface area contributed by atoms with Gasteiger partial charge in [-0.05, 0) is 87.2 Å². The third-order valence-electron chi connectivity index (χ3n) is 7.83. The molecule has 166 valence electrons. The highest BCUT2D eigenvalue weighted by atomic mass is 32.1. The Hall–Kier alpha value is -1.42. The normalized spacial score (nSPS) is 28.6. The van der Waals surface area contributed by atoms with E-state index in [-0.39, 0.29) is 29.3 Å². The van der Waals surface area contributed by atoms with E-state index in [0.717, 1.165) is 62.7 Å². The summed E-state index contributed by atoms with van der Waals surface area (Å²) in [5.41, 5.74) is 0.123. The Kier molecular flexibility index (Phi) is 7.95. The molecule has 2 fully saturated rings. The average Bonchev–Trinajstić information content (AvgIpc) is 3.27. The molecular formula is C24H35NO4S. The van der Waals surface area contributed by atoms with Gasteiger partial charge in [-0.3, -0.25) is 0 Å². The van der Waals surface area contributed by atoms with E-state index in [1.807, 2.05) is 6.07 Å². The third kappa shape index (κ3) is 5.07. The summed E-state index contributed by atoms with van der Waals surface area (Å²) in [5, 5.41) is 39.9. The molecule has 2 saturated carbocycles. The maximum atomic E-state index is 11.0. The lowest BCUT2D eigenvalue weighted by Crippen LogP contribution is -2.40. The van der Waals surface area contributed by atoms with Crippen molar-refractivity contribution < 1.29 is 20.1 Å². The first-order chi connectivity index (χ1) is 14.4. The number of thiophene rings is 1. The van der Waals surface area contributed by atoms with Crippen LogP contribution in [0.3, 0.4) is 0 Å². The van der Waals surface area contributed by atoms with E-state index < -0.39 is 12.1 Å². The molecule has 5 nitrogen and oxygen atoms in total. The van der Waals surface area contributed by atoms with Crippen LogP contribution in [0.1, 0.15) is 85.7 Å². The maximum absolute atomic E-state index is 11.0. The van der Waals surface area contributed by atoms with Gasteiger partial charge in [-0.2, -0.15) is 5.26 Å². The zero-order valence-electron chi connectivity index (χ0n) is 17.9. The van der Waals surface area contributed by atoms with Gasteiger partial charge in [0.25, 0.3) is 0 Å². The highest BCUT2D eigenvalue weighted by Crippen LogP contribution is 2.48. The minimum absolute atomic E-state index is 0.110. The number of carbonyl (C=O) groups is 1. The second kappa shape index (κ2) is 10.3. The van der Waals surface area contributed by atoms with Gasteiger partial charge in [0.1, 0.15) is 4.88 Å². The molecule has 0 aliphatic heterocycles. The fraction of sp³-hybridized carbons (Fsp3) is 0.750. The van der Waals surface area contributed by atoms with Gasteiger partial charge >= 0.3 is 5.97 Å². The highest BCUT2D eigenvalue weighted by Gasteiger charge is 2.43. The first-order valence-electron chi connectivity index (χ1n) is 11.5. The Bertz CT molecular complexity index is 745. The van der Waals surface area contributed by atoms with Crippen molar-refractivity contribution in [2.24, 2.45) is 23.2 Å². The Morgan fingerprint density at radius 1 is 1.30 bits per heavy atom. The van der Waals surface area contributed by atoms with Crippen LogP contribution in [0, 0.1) is 34.5 Å². The lowest BCUT2D eigenvalue weighted by atomic mass is 9.62. The first-order valence-corrected chi connectivity index (χ1v) is 12.3. The quantitative estimate of drug-likeness (QED) is 0.455. The van der Waals surface area contributed by atoms with Crippen molar-refractivity contribution in [3.05, 3.63) is 21.9 Å². The predicted octanol–water partition coefficient (Wildman–Crippen LogP) is 5.02. The Morgan fingerprint density at radius 3 is 2.60 bits per heavy atom. The van der Waals surface area contributed by atoms with Crippen molar-refractivity contribution in [3.63, 3.8) is 0 Å². The number of aryl methyl sites for hydroxylation is 1. The van der Waals surface area contributed by atoms with Crippen molar-refractivity contribution in [2.45, 2.75) is 89.8 Å². The van der Waals surface area contributed by atoms with Crippen LogP contribution in [-0.4, -0.2) is 33.5 Å². The molecule has 0 amide bonds. The van der Waals surface area contributed by atoms with Crippen molar-refractivity contribution in [1.29, 1.82) is 5.26 Å². The fourth-order valence-electron chi connectivity index (χ4n) is 5.71. The number of nitrogens with zero attached hydrogens (tertiary/aromatic N) is 1. The summed E-state index contributed by atoms with van der Waals surface area (Å²) in [5.74, 6) is -0.686. The molecule has 3 rings (SSSR count). The second-order valence-corrected chi connectivity index (χ2v) is 10.5. The van der Waals surface area contributed by atoms with Crippen LogP contribution in [0.5, 0.6) is 0 Å². The molecule has 0 radical (unpaired) electrons. The standard InChI is InChI=1S/C24H35NO4S/c1-2-24(12-5-13-24)22(27)9-4-8-19-18(16(15-25)14-20(19)26)7-3-6-17-10-11-21(30-17)23(28)29/h10-11,16,18-20,22,26-27H,2-9,12-14H2,1H3,(H,28,29). The lowest BCUT2D eigenvalue weighted by Gasteiger charge is -2.45. The number of aliphatic hydroxyl groups excluding tert-OH is 2. The Morgan fingerprint density at radius 2 is 2.03 bits per heavy atom. The van der Waals surface area contributed by atoms with Crippen molar-refractivity contribution in [3.8, 4) is 6.07 Å². The molecule has 0 saturated heterocycles. The zero-order valence-corrected chi connectivity index (χ0v) is 18.7. The molecule has 0 bridgehead atoms. The first kappa shape index (κ1) is 23.2. The molecule has 5 unspecified atom stereocenters. The maximum Gasteiger partial charge on any atom is 0.345 e. The molecule has 0 aromatic carbocycles. The number of nitriles is 1. The summed E-state index contributed by atoms with van der Waals surface area (Å²) in [6, 6.07) is 5.94. The van der Waals surface area contributed by atoms with Crippen molar-refractivity contribution >= 4 is 17.3 Å². The molecule has 2 aliphatic rings. The largest absolute Gasteiger partial charge is 0.477 e. The van der Waals surface area contributed by atoms with Crippen LogP contribution in [0.25, 0.3) is 0 Å². The number of hydrogen-bond acceptors (Lipinski definition) is 5. The number of aliphatic hydroxyl groups is 2. The fourth-order valence-corrected chi connectivity index (χ4v) is 6.60. The lowest BCUT2D eigenvalue weighted by molar-refractivity contribution is -0.0444. The molecule has 5 atom stereocenters. The molecule has 2 aliphatic carbocycles. The number of hydrogen-bond donors (Lipinski definition) is 3. The predicted molar refractivity (Wildman–Crippen MR) is 117 cm³/mol. The molecule has 1 aromatic rings. The van der Waals surface area contributed by atoms with Crippen LogP contribution in [0.4, 0.5) is 0 Å². The third-order valence-corrected chi connectivity index (χ3v) is 8.96. The van der Waals surface area contributed by atoms with E-state index in [1.165, 1.54) is 17.8 Å². The number of carboxylic acids is 1. The molecular weight excluding hydrogens is 398 g/mol. The summed E-state index contributed by atoms with van der Waals surface area (Å²) < 4.78 is 0. The monoisotopic (exact) mass is 433 g/mol. The van der Waals surface area contributed by atoms with Gasteiger partial charge < -0.3 is 15.3 Å². The molecule has 30 heavy (non-hydrogen) atoms. The van der Waals surface area contributed by atoms with E-state index in [4.69, 9.17) is 5.11 Å². The van der Waals surface area contributed by atoms with E-state index in [2.05, 4.69) is 13.0 Å². The summed E-state index contributed by atoms with van der Waals surface area (Å²) in [6.45, 7) is 2.17. The van der Waals surface area contributed by atoms with Gasteiger partial charge in [0, 0.05) is 4.88 Å².